The van der Waals surface area contributed by atoms with Crippen LogP contribution < -0.4 is 5.32 Å². The Labute approximate surface area is 156 Å². The molecule has 8 nitrogen and oxygen atoms in total. The molecule has 3 rings (SSSR count). The Kier molecular flexibility index (Phi) is 7.28. The number of aromatic nitrogens is 1. The second-order valence-electron chi connectivity index (χ2n) is 6.99. The maximum Gasteiger partial charge on any atom is 0.193 e. The van der Waals surface area contributed by atoms with Gasteiger partial charge in [-0.05, 0) is 12.8 Å². The second kappa shape index (κ2) is 9.89. The number of nitrogens with one attached hydrogen (secondary N) is 1. The van der Waals surface area contributed by atoms with Crippen LogP contribution in [-0.2, 0) is 11.3 Å². The van der Waals surface area contributed by atoms with Crippen molar-refractivity contribution in [3.05, 3.63) is 18.0 Å². The Bertz CT molecular complexity index is 538. The minimum absolute atomic E-state index is 0.758. The standard InChI is InChI=1S/C18H32N6O2/c1-19-18(20-6-7-23(12-14-25-2)17-3-4-17)24-10-8-22(9-11-24)15-16-5-13-26-21-16/h5,13,17H,3-4,6-12,14-15H2,1-2H3,(H,19,20). The third kappa shape index (κ3) is 5.69. The first-order valence-electron chi connectivity index (χ1n) is 9.60. The number of rotatable bonds is 9. The van der Waals surface area contributed by atoms with Crippen molar-refractivity contribution in [1.82, 2.24) is 25.2 Å². The number of piperazine rings is 1. The molecule has 1 saturated carbocycles. The molecule has 8 heteroatoms. The first-order chi connectivity index (χ1) is 12.8. The van der Waals surface area contributed by atoms with E-state index in [9.17, 15) is 0 Å². The van der Waals surface area contributed by atoms with E-state index in [1.54, 1.807) is 13.4 Å². The molecule has 0 spiro atoms. The average Bonchev–Trinajstić information content (AvgIpc) is 3.39. The van der Waals surface area contributed by atoms with E-state index >= 15 is 0 Å². The summed E-state index contributed by atoms with van der Waals surface area (Å²) in [5.74, 6) is 1.01. The minimum atomic E-state index is 0.758. The predicted octanol–water partition coefficient (Wildman–Crippen LogP) is 0.478. The predicted molar refractivity (Wildman–Crippen MR) is 101 cm³/mol. The van der Waals surface area contributed by atoms with Gasteiger partial charge in [-0.25, -0.2) is 0 Å². The summed E-state index contributed by atoms with van der Waals surface area (Å²) >= 11 is 0. The number of ether oxygens (including phenoxy) is 1. The van der Waals surface area contributed by atoms with Crippen LogP contribution in [0.2, 0.25) is 0 Å². The van der Waals surface area contributed by atoms with Gasteiger partial charge in [-0.15, -0.1) is 0 Å². The Morgan fingerprint density at radius 3 is 2.77 bits per heavy atom. The number of nitrogens with zero attached hydrogens (tertiary/aromatic N) is 5. The van der Waals surface area contributed by atoms with Crippen molar-refractivity contribution in [3.63, 3.8) is 0 Å². The van der Waals surface area contributed by atoms with Crippen molar-refractivity contribution in [2.24, 2.45) is 4.99 Å². The zero-order valence-electron chi connectivity index (χ0n) is 16.1. The fourth-order valence-corrected chi connectivity index (χ4v) is 3.43. The van der Waals surface area contributed by atoms with E-state index in [0.717, 1.165) is 76.7 Å². The highest BCUT2D eigenvalue weighted by Crippen LogP contribution is 2.25. The zero-order valence-corrected chi connectivity index (χ0v) is 16.1. The zero-order chi connectivity index (χ0) is 18.2. The number of guanidine groups is 1. The molecular formula is C18H32N6O2. The van der Waals surface area contributed by atoms with Gasteiger partial charge < -0.3 is 19.5 Å². The topological polar surface area (TPSA) is 69.4 Å². The van der Waals surface area contributed by atoms with Crippen LogP contribution in [0.5, 0.6) is 0 Å². The summed E-state index contributed by atoms with van der Waals surface area (Å²) in [6.07, 6.45) is 4.28. The second-order valence-corrected chi connectivity index (χ2v) is 6.99. The van der Waals surface area contributed by atoms with Crippen LogP contribution in [0.3, 0.4) is 0 Å². The maximum absolute atomic E-state index is 5.23. The van der Waals surface area contributed by atoms with E-state index < -0.39 is 0 Å². The lowest BCUT2D eigenvalue weighted by atomic mass is 10.3. The van der Waals surface area contributed by atoms with E-state index in [1.165, 1.54) is 12.8 Å². The molecule has 0 unspecified atom stereocenters. The Balaban J connectivity index is 1.37. The number of aliphatic imine (C=N–C) groups is 1. The molecule has 2 fully saturated rings. The molecule has 146 valence electrons. The highest BCUT2D eigenvalue weighted by atomic mass is 16.5. The molecule has 1 aliphatic heterocycles. The van der Waals surface area contributed by atoms with Gasteiger partial charge in [-0.1, -0.05) is 5.16 Å². The lowest BCUT2D eigenvalue weighted by molar-refractivity contribution is 0.144. The first-order valence-corrected chi connectivity index (χ1v) is 9.60. The van der Waals surface area contributed by atoms with Crippen molar-refractivity contribution in [3.8, 4) is 0 Å². The lowest BCUT2D eigenvalue weighted by Crippen LogP contribution is -2.53. The normalized spacial score (nSPS) is 19.3. The molecule has 0 radical (unpaired) electrons. The number of hydrogen-bond donors (Lipinski definition) is 1. The van der Waals surface area contributed by atoms with Crippen molar-refractivity contribution in [2.45, 2.75) is 25.4 Å². The highest BCUT2D eigenvalue weighted by Gasteiger charge is 2.28. The SMILES string of the molecule is CN=C(NCCN(CCOC)C1CC1)N1CCN(Cc2ccon2)CC1. The Morgan fingerprint density at radius 2 is 2.15 bits per heavy atom. The molecule has 1 aromatic rings. The first kappa shape index (κ1) is 19.1. The van der Waals surface area contributed by atoms with Gasteiger partial charge in [0.2, 0.25) is 0 Å². The highest BCUT2D eigenvalue weighted by molar-refractivity contribution is 5.80. The Hall–Kier alpha value is -1.64. The molecule has 1 aliphatic carbocycles. The number of methoxy groups -OCH3 is 1. The van der Waals surface area contributed by atoms with Gasteiger partial charge in [0, 0.05) is 78.6 Å². The Morgan fingerprint density at radius 1 is 1.35 bits per heavy atom. The van der Waals surface area contributed by atoms with Gasteiger partial charge in [-0.3, -0.25) is 14.8 Å². The largest absolute Gasteiger partial charge is 0.383 e. The maximum atomic E-state index is 5.23. The molecule has 1 aromatic heterocycles. The van der Waals surface area contributed by atoms with Gasteiger partial charge in [-0.2, -0.15) is 0 Å². The molecule has 2 aliphatic rings. The monoisotopic (exact) mass is 364 g/mol. The van der Waals surface area contributed by atoms with Crippen molar-refractivity contribution >= 4 is 5.96 Å². The van der Waals surface area contributed by atoms with E-state index in [-0.39, 0.29) is 0 Å². The van der Waals surface area contributed by atoms with Crippen LogP contribution in [0, 0.1) is 0 Å². The van der Waals surface area contributed by atoms with E-state index in [1.807, 2.05) is 13.1 Å². The van der Waals surface area contributed by atoms with Gasteiger partial charge in [0.1, 0.15) is 6.26 Å². The number of hydrogen-bond acceptors (Lipinski definition) is 6. The summed E-state index contributed by atoms with van der Waals surface area (Å²) in [5, 5.41) is 7.53. The lowest BCUT2D eigenvalue weighted by Gasteiger charge is -2.36. The van der Waals surface area contributed by atoms with Crippen LogP contribution in [0.1, 0.15) is 18.5 Å². The van der Waals surface area contributed by atoms with Crippen LogP contribution in [0.4, 0.5) is 0 Å². The van der Waals surface area contributed by atoms with Crippen LogP contribution in [-0.4, -0.2) is 98.4 Å². The molecule has 26 heavy (non-hydrogen) atoms. The van der Waals surface area contributed by atoms with Crippen molar-refractivity contribution < 1.29 is 9.26 Å². The average molecular weight is 364 g/mol. The van der Waals surface area contributed by atoms with Crippen LogP contribution in [0.15, 0.2) is 21.8 Å². The van der Waals surface area contributed by atoms with Gasteiger partial charge >= 0.3 is 0 Å². The van der Waals surface area contributed by atoms with E-state index in [2.05, 4.69) is 30.2 Å². The van der Waals surface area contributed by atoms with Crippen molar-refractivity contribution in [1.29, 1.82) is 0 Å². The smallest absolute Gasteiger partial charge is 0.193 e. The molecule has 1 N–H and O–H groups in total. The molecule has 1 saturated heterocycles. The quantitative estimate of drug-likeness (QED) is 0.505. The van der Waals surface area contributed by atoms with Crippen molar-refractivity contribution in [2.75, 3.05) is 66.6 Å². The van der Waals surface area contributed by atoms with Gasteiger partial charge in [0.05, 0.1) is 12.3 Å². The minimum Gasteiger partial charge on any atom is -0.383 e. The fourth-order valence-electron chi connectivity index (χ4n) is 3.43. The van der Waals surface area contributed by atoms with Crippen LogP contribution in [0.25, 0.3) is 0 Å². The molecule has 0 aromatic carbocycles. The summed E-state index contributed by atoms with van der Waals surface area (Å²) in [7, 11) is 3.64. The molecule has 0 amide bonds. The fraction of sp³-hybridized carbons (Fsp3) is 0.778. The summed E-state index contributed by atoms with van der Waals surface area (Å²) in [4.78, 5) is 11.7. The van der Waals surface area contributed by atoms with Gasteiger partial charge in [0.25, 0.3) is 0 Å². The summed E-state index contributed by atoms with van der Waals surface area (Å²) in [5.41, 5.74) is 0.997. The molecule has 0 bridgehead atoms. The summed E-state index contributed by atoms with van der Waals surface area (Å²) < 4.78 is 10.1. The third-order valence-electron chi connectivity index (χ3n) is 5.09. The molecule has 0 atom stereocenters. The third-order valence-corrected chi connectivity index (χ3v) is 5.09. The van der Waals surface area contributed by atoms with Crippen LogP contribution >= 0.6 is 0 Å². The van der Waals surface area contributed by atoms with Gasteiger partial charge in [0.15, 0.2) is 5.96 Å². The summed E-state index contributed by atoms with van der Waals surface area (Å²) in [6, 6.07) is 2.69. The van der Waals surface area contributed by atoms with E-state index in [0.29, 0.717) is 0 Å². The summed E-state index contributed by atoms with van der Waals surface area (Å²) in [6.45, 7) is 8.62. The van der Waals surface area contributed by atoms with E-state index in [4.69, 9.17) is 9.26 Å². The molecular weight excluding hydrogens is 332 g/mol. The molecule has 2 heterocycles.